The summed E-state index contributed by atoms with van der Waals surface area (Å²) in [6, 6.07) is 15.1. The number of benzene rings is 2. The van der Waals surface area contributed by atoms with Crippen LogP contribution in [0.5, 0.6) is 5.75 Å². The lowest BCUT2D eigenvalue weighted by Gasteiger charge is -2.12. The van der Waals surface area contributed by atoms with Crippen LogP contribution < -0.4 is 4.74 Å². The second kappa shape index (κ2) is 6.47. The molecule has 0 aliphatic carbocycles. The van der Waals surface area contributed by atoms with E-state index in [4.69, 9.17) is 10.00 Å². The minimum atomic E-state index is -0.573. The van der Waals surface area contributed by atoms with Gasteiger partial charge in [0.25, 0.3) is 0 Å². The van der Waals surface area contributed by atoms with Gasteiger partial charge in [0.2, 0.25) is 0 Å². The number of hydrogen-bond acceptors (Lipinski definition) is 4. The maximum Gasteiger partial charge on any atom is 0.119 e. The molecule has 2 rings (SSSR count). The molecule has 0 fully saturated rings. The Morgan fingerprint density at radius 3 is 2.70 bits per heavy atom. The van der Waals surface area contributed by atoms with Gasteiger partial charge in [0.1, 0.15) is 5.75 Å². The van der Waals surface area contributed by atoms with Crippen LogP contribution in [0.4, 0.5) is 0 Å². The molecule has 0 aliphatic rings. The number of nitriles is 1. The molecular formula is C16H15NO2S. The van der Waals surface area contributed by atoms with Crippen LogP contribution in [0.1, 0.15) is 24.2 Å². The van der Waals surface area contributed by atoms with Gasteiger partial charge in [0.15, 0.2) is 0 Å². The number of nitrogens with zero attached hydrogens (tertiary/aromatic N) is 1. The van der Waals surface area contributed by atoms with Crippen molar-refractivity contribution >= 4 is 11.8 Å². The van der Waals surface area contributed by atoms with Crippen LogP contribution in [0.3, 0.4) is 0 Å². The van der Waals surface area contributed by atoms with E-state index < -0.39 is 6.10 Å². The first-order valence-electron chi connectivity index (χ1n) is 6.18. The van der Waals surface area contributed by atoms with E-state index in [9.17, 15) is 5.11 Å². The van der Waals surface area contributed by atoms with Crippen molar-refractivity contribution in [2.24, 2.45) is 0 Å². The monoisotopic (exact) mass is 285 g/mol. The quantitative estimate of drug-likeness (QED) is 0.929. The van der Waals surface area contributed by atoms with Gasteiger partial charge >= 0.3 is 0 Å². The predicted molar refractivity (Wildman–Crippen MR) is 78.9 cm³/mol. The van der Waals surface area contributed by atoms with Gasteiger partial charge in [0, 0.05) is 9.79 Å². The Morgan fingerprint density at radius 2 is 2.05 bits per heavy atom. The number of aliphatic hydroxyl groups is 1. The Hall–Kier alpha value is -1.96. The minimum Gasteiger partial charge on any atom is -0.497 e. The Balaban J connectivity index is 2.38. The highest BCUT2D eigenvalue weighted by atomic mass is 32.2. The molecule has 20 heavy (non-hydrogen) atoms. The van der Waals surface area contributed by atoms with Crippen molar-refractivity contribution in [1.29, 1.82) is 5.26 Å². The largest absolute Gasteiger partial charge is 0.497 e. The molecule has 1 N–H and O–H groups in total. The molecule has 0 aromatic heterocycles. The topological polar surface area (TPSA) is 53.2 Å². The standard InChI is InChI=1S/C16H15NO2S/c1-11(18)15-7-6-12(10-17)8-16(15)20-14-5-3-4-13(9-14)19-2/h3-9,11,18H,1-2H3. The van der Waals surface area contributed by atoms with Crippen molar-refractivity contribution in [2.45, 2.75) is 22.8 Å². The first kappa shape index (κ1) is 14.4. The molecule has 0 spiro atoms. The lowest BCUT2D eigenvalue weighted by Crippen LogP contribution is -1.95. The summed E-state index contributed by atoms with van der Waals surface area (Å²) in [5, 5.41) is 18.8. The fourth-order valence-electron chi connectivity index (χ4n) is 1.83. The van der Waals surface area contributed by atoms with Crippen LogP contribution in [0.15, 0.2) is 52.3 Å². The smallest absolute Gasteiger partial charge is 0.119 e. The highest BCUT2D eigenvalue weighted by Gasteiger charge is 2.11. The third-order valence-electron chi connectivity index (χ3n) is 2.86. The second-order valence-corrected chi connectivity index (χ2v) is 5.44. The van der Waals surface area contributed by atoms with E-state index in [1.807, 2.05) is 24.3 Å². The minimum absolute atomic E-state index is 0.573. The maximum absolute atomic E-state index is 9.83. The van der Waals surface area contributed by atoms with Gasteiger partial charge in [0.05, 0.1) is 24.8 Å². The summed E-state index contributed by atoms with van der Waals surface area (Å²) in [7, 11) is 1.63. The average molecular weight is 285 g/mol. The van der Waals surface area contributed by atoms with Gasteiger partial charge in [-0.2, -0.15) is 5.26 Å². The molecule has 102 valence electrons. The normalized spacial score (nSPS) is 11.7. The van der Waals surface area contributed by atoms with E-state index in [1.54, 1.807) is 32.2 Å². The third kappa shape index (κ3) is 3.32. The van der Waals surface area contributed by atoms with E-state index in [1.165, 1.54) is 11.8 Å². The van der Waals surface area contributed by atoms with E-state index in [0.717, 1.165) is 21.1 Å². The number of ether oxygens (including phenoxy) is 1. The van der Waals surface area contributed by atoms with Gasteiger partial charge < -0.3 is 9.84 Å². The number of methoxy groups -OCH3 is 1. The summed E-state index contributed by atoms with van der Waals surface area (Å²) >= 11 is 1.51. The fourth-order valence-corrected chi connectivity index (χ4v) is 2.95. The summed E-state index contributed by atoms with van der Waals surface area (Å²) in [4.78, 5) is 1.88. The Kier molecular flexibility index (Phi) is 4.67. The van der Waals surface area contributed by atoms with Crippen LogP contribution in [-0.2, 0) is 0 Å². The van der Waals surface area contributed by atoms with Crippen LogP contribution in [-0.4, -0.2) is 12.2 Å². The maximum atomic E-state index is 9.83. The molecule has 0 bridgehead atoms. The van der Waals surface area contributed by atoms with Crippen molar-refractivity contribution in [3.8, 4) is 11.8 Å². The van der Waals surface area contributed by atoms with E-state index >= 15 is 0 Å². The first-order chi connectivity index (χ1) is 9.63. The lowest BCUT2D eigenvalue weighted by molar-refractivity contribution is 0.196. The predicted octanol–water partition coefficient (Wildman–Crippen LogP) is 3.77. The number of rotatable bonds is 4. The zero-order valence-electron chi connectivity index (χ0n) is 11.3. The molecule has 2 aromatic rings. The Bertz CT molecular complexity index is 647. The van der Waals surface area contributed by atoms with E-state index in [2.05, 4.69) is 6.07 Å². The van der Waals surface area contributed by atoms with Gasteiger partial charge in [-0.25, -0.2) is 0 Å². The van der Waals surface area contributed by atoms with Crippen LogP contribution in [0.2, 0.25) is 0 Å². The molecule has 0 amide bonds. The summed E-state index contributed by atoms with van der Waals surface area (Å²) in [5.41, 5.74) is 1.40. The third-order valence-corrected chi connectivity index (χ3v) is 3.92. The molecule has 2 aromatic carbocycles. The molecule has 0 saturated heterocycles. The van der Waals surface area contributed by atoms with Gasteiger partial charge in [-0.05, 0) is 42.8 Å². The fraction of sp³-hybridized carbons (Fsp3) is 0.188. The lowest BCUT2D eigenvalue weighted by atomic mass is 10.1. The molecule has 4 heteroatoms. The number of aliphatic hydroxyl groups excluding tert-OH is 1. The van der Waals surface area contributed by atoms with E-state index in [0.29, 0.717) is 5.56 Å². The van der Waals surface area contributed by atoms with Gasteiger partial charge in [-0.15, -0.1) is 0 Å². The summed E-state index contributed by atoms with van der Waals surface area (Å²) in [6.45, 7) is 1.72. The van der Waals surface area contributed by atoms with Crippen molar-refractivity contribution in [3.63, 3.8) is 0 Å². The molecule has 3 nitrogen and oxygen atoms in total. The van der Waals surface area contributed by atoms with E-state index in [-0.39, 0.29) is 0 Å². The van der Waals surface area contributed by atoms with Gasteiger partial charge in [-0.1, -0.05) is 23.9 Å². The number of hydrogen-bond donors (Lipinski definition) is 1. The van der Waals surface area contributed by atoms with Crippen LogP contribution >= 0.6 is 11.8 Å². The summed E-state index contributed by atoms with van der Waals surface area (Å²) in [5.74, 6) is 0.782. The molecular weight excluding hydrogens is 270 g/mol. The van der Waals surface area contributed by atoms with Crippen LogP contribution in [0.25, 0.3) is 0 Å². The SMILES string of the molecule is COc1cccc(Sc2cc(C#N)ccc2C(C)O)c1. The zero-order valence-corrected chi connectivity index (χ0v) is 12.1. The van der Waals surface area contributed by atoms with Crippen LogP contribution in [0, 0.1) is 11.3 Å². The van der Waals surface area contributed by atoms with Crippen molar-refractivity contribution in [1.82, 2.24) is 0 Å². The highest BCUT2D eigenvalue weighted by Crippen LogP contribution is 2.35. The molecule has 0 heterocycles. The van der Waals surface area contributed by atoms with Crippen molar-refractivity contribution in [2.75, 3.05) is 7.11 Å². The van der Waals surface area contributed by atoms with Gasteiger partial charge in [-0.3, -0.25) is 0 Å². The van der Waals surface area contributed by atoms with Crippen molar-refractivity contribution < 1.29 is 9.84 Å². The molecule has 0 aliphatic heterocycles. The summed E-state index contributed by atoms with van der Waals surface area (Å²) < 4.78 is 5.20. The molecule has 0 saturated carbocycles. The highest BCUT2D eigenvalue weighted by molar-refractivity contribution is 7.99. The van der Waals surface area contributed by atoms with Crippen molar-refractivity contribution in [3.05, 3.63) is 53.6 Å². The first-order valence-corrected chi connectivity index (χ1v) is 6.99. The second-order valence-electron chi connectivity index (χ2n) is 4.32. The average Bonchev–Trinajstić information content (AvgIpc) is 2.47. The molecule has 0 radical (unpaired) electrons. The zero-order chi connectivity index (χ0) is 14.5. The summed E-state index contributed by atoms with van der Waals surface area (Å²) in [6.07, 6.45) is -0.573. The Labute approximate surface area is 122 Å². The molecule has 1 unspecified atom stereocenters. The molecule has 1 atom stereocenters. The Morgan fingerprint density at radius 1 is 1.25 bits per heavy atom.